The van der Waals surface area contributed by atoms with Crippen LogP contribution >= 0.6 is 0 Å². The Morgan fingerprint density at radius 3 is 2.67 bits per heavy atom. The van der Waals surface area contributed by atoms with Gasteiger partial charge in [-0.2, -0.15) is 0 Å². The number of urea groups is 1. The molecule has 0 saturated carbocycles. The lowest BCUT2D eigenvalue weighted by atomic mass is 10.2. The highest BCUT2D eigenvalue weighted by Gasteiger charge is 2.02. The number of ether oxygens (including phenoxy) is 1. The van der Waals surface area contributed by atoms with Gasteiger partial charge in [0, 0.05) is 39.3 Å². The predicted molar refractivity (Wildman–Crippen MR) is 71.8 cm³/mol. The van der Waals surface area contributed by atoms with Gasteiger partial charge in [-0.15, -0.1) is 0 Å². The summed E-state index contributed by atoms with van der Waals surface area (Å²) in [7, 11) is 5.10. The minimum absolute atomic E-state index is 0.0749. The lowest BCUT2D eigenvalue weighted by Gasteiger charge is -2.13. The first-order valence-corrected chi connectivity index (χ1v) is 5.93. The molecule has 0 aliphatic rings. The third-order valence-corrected chi connectivity index (χ3v) is 2.49. The van der Waals surface area contributed by atoms with Crippen molar-refractivity contribution in [1.82, 2.24) is 15.5 Å². The monoisotopic (exact) mass is 251 g/mol. The maximum absolute atomic E-state index is 11.2. The van der Waals surface area contributed by atoms with Crippen LogP contribution in [0.25, 0.3) is 0 Å². The molecule has 0 aliphatic carbocycles. The van der Waals surface area contributed by atoms with Crippen molar-refractivity contribution in [3.05, 3.63) is 29.8 Å². The molecule has 0 saturated heterocycles. The SMILES string of the molecule is COc1ccccc1CNCCNC(=O)N(C)C. The van der Waals surface area contributed by atoms with Gasteiger partial charge in [-0.25, -0.2) is 4.79 Å². The van der Waals surface area contributed by atoms with Gasteiger partial charge in [-0.1, -0.05) is 18.2 Å². The van der Waals surface area contributed by atoms with Gasteiger partial charge >= 0.3 is 6.03 Å². The third kappa shape index (κ3) is 4.63. The number of hydrogen-bond acceptors (Lipinski definition) is 3. The number of para-hydroxylation sites is 1. The highest BCUT2D eigenvalue weighted by molar-refractivity contribution is 5.73. The molecule has 100 valence electrons. The van der Waals surface area contributed by atoms with Crippen LogP contribution in [0.4, 0.5) is 4.79 Å². The van der Waals surface area contributed by atoms with Crippen molar-refractivity contribution >= 4 is 6.03 Å². The molecule has 1 rings (SSSR count). The van der Waals surface area contributed by atoms with Crippen molar-refractivity contribution < 1.29 is 9.53 Å². The zero-order chi connectivity index (χ0) is 13.4. The zero-order valence-electron chi connectivity index (χ0n) is 11.2. The number of rotatable bonds is 6. The lowest BCUT2D eigenvalue weighted by molar-refractivity contribution is 0.217. The average molecular weight is 251 g/mol. The van der Waals surface area contributed by atoms with Crippen LogP contribution in [0.15, 0.2) is 24.3 Å². The molecule has 1 aromatic carbocycles. The van der Waals surface area contributed by atoms with E-state index >= 15 is 0 Å². The fourth-order valence-electron chi connectivity index (χ4n) is 1.49. The molecule has 0 radical (unpaired) electrons. The summed E-state index contributed by atoms with van der Waals surface area (Å²) in [6.07, 6.45) is 0. The van der Waals surface area contributed by atoms with Crippen LogP contribution in [-0.4, -0.2) is 45.2 Å². The summed E-state index contributed by atoms with van der Waals surface area (Å²) in [5, 5.41) is 6.05. The molecule has 2 amide bonds. The minimum Gasteiger partial charge on any atom is -0.496 e. The Labute approximate surface area is 108 Å². The van der Waals surface area contributed by atoms with Crippen LogP contribution in [0.5, 0.6) is 5.75 Å². The molecule has 0 aliphatic heterocycles. The molecular formula is C13H21N3O2. The molecule has 5 heteroatoms. The molecule has 18 heavy (non-hydrogen) atoms. The number of benzene rings is 1. The number of methoxy groups -OCH3 is 1. The Morgan fingerprint density at radius 1 is 1.28 bits per heavy atom. The Hall–Kier alpha value is -1.75. The van der Waals surface area contributed by atoms with Crippen LogP contribution in [0.1, 0.15) is 5.56 Å². The van der Waals surface area contributed by atoms with E-state index in [1.807, 2.05) is 24.3 Å². The zero-order valence-corrected chi connectivity index (χ0v) is 11.2. The van der Waals surface area contributed by atoms with Gasteiger partial charge in [-0.3, -0.25) is 0 Å². The van der Waals surface area contributed by atoms with Crippen LogP contribution < -0.4 is 15.4 Å². The van der Waals surface area contributed by atoms with Crippen molar-refractivity contribution in [2.75, 3.05) is 34.3 Å². The van der Waals surface area contributed by atoms with Gasteiger partial charge in [0.1, 0.15) is 5.75 Å². The van der Waals surface area contributed by atoms with Crippen molar-refractivity contribution in [2.24, 2.45) is 0 Å². The molecule has 0 bridgehead atoms. The standard InChI is InChI=1S/C13H21N3O2/c1-16(2)13(17)15-9-8-14-10-11-6-4-5-7-12(11)18-3/h4-7,14H,8-10H2,1-3H3,(H,15,17). The fourth-order valence-corrected chi connectivity index (χ4v) is 1.49. The van der Waals surface area contributed by atoms with E-state index in [9.17, 15) is 4.79 Å². The maximum atomic E-state index is 11.2. The third-order valence-electron chi connectivity index (χ3n) is 2.49. The molecule has 0 unspecified atom stereocenters. The summed E-state index contributed by atoms with van der Waals surface area (Å²) in [5.74, 6) is 0.877. The Kier molecular flexibility index (Phi) is 6.00. The number of amides is 2. The summed E-state index contributed by atoms with van der Waals surface area (Å²) < 4.78 is 5.26. The van der Waals surface area contributed by atoms with E-state index in [1.54, 1.807) is 21.2 Å². The van der Waals surface area contributed by atoms with Crippen molar-refractivity contribution in [1.29, 1.82) is 0 Å². The summed E-state index contributed by atoms with van der Waals surface area (Å²) in [5.41, 5.74) is 1.11. The first-order valence-electron chi connectivity index (χ1n) is 5.93. The molecule has 1 aromatic rings. The van der Waals surface area contributed by atoms with Gasteiger partial charge in [0.2, 0.25) is 0 Å². The number of nitrogens with zero attached hydrogens (tertiary/aromatic N) is 1. The predicted octanol–water partition coefficient (Wildman–Crippen LogP) is 1.06. The van der Waals surface area contributed by atoms with Gasteiger partial charge in [0.05, 0.1) is 7.11 Å². The van der Waals surface area contributed by atoms with E-state index in [4.69, 9.17) is 4.74 Å². The smallest absolute Gasteiger partial charge is 0.316 e. The van der Waals surface area contributed by atoms with Crippen LogP contribution in [-0.2, 0) is 6.54 Å². The van der Waals surface area contributed by atoms with E-state index in [0.717, 1.165) is 24.4 Å². The molecule has 0 spiro atoms. The average Bonchev–Trinajstić information content (AvgIpc) is 2.38. The molecule has 5 nitrogen and oxygen atoms in total. The number of nitrogens with one attached hydrogen (secondary N) is 2. The van der Waals surface area contributed by atoms with Crippen LogP contribution in [0.3, 0.4) is 0 Å². The maximum Gasteiger partial charge on any atom is 0.316 e. The first kappa shape index (κ1) is 14.3. The molecule has 0 aromatic heterocycles. The van der Waals surface area contributed by atoms with E-state index in [1.165, 1.54) is 4.90 Å². The highest BCUT2D eigenvalue weighted by atomic mass is 16.5. The van der Waals surface area contributed by atoms with E-state index in [-0.39, 0.29) is 6.03 Å². The number of carbonyl (C=O) groups excluding carboxylic acids is 1. The second-order valence-corrected chi connectivity index (χ2v) is 4.11. The Bertz CT molecular complexity index is 380. The molecule has 2 N–H and O–H groups in total. The van der Waals surface area contributed by atoms with Crippen molar-refractivity contribution in [3.63, 3.8) is 0 Å². The second kappa shape index (κ2) is 7.55. The Morgan fingerprint density at radius 2 is 2.00 bits per heavy atom. The number of hydrogen-bond donors (Lipinski definition) is 2. The van der Waals surface area contributed by atoms with Crippen molar-refractivity contribution in [3.8, 4) is 5.75 Å². The van der Waals surface area contributed by atoms with E-state index < -0.39 is 0 Å². The Balaban J connectivity index is 2.24. The summed E-state index contributed by atoms with van der Waals surface area (Å²) >= 11 is 0. The minimum atomic E-state index is -0.0749. The van der Waals surface area contributed by atoms with Gasteiger partial charge in [-0.05, 0) is 6.07 Å². The van der Waals surface area contributed by atoms with Crippen LogP contribution in [0.2, 0.25) is 0 Å². The normalized spacial score (nSPS) is 9.94. The highest BCUT2D eigenvalue weighted by Crippen LogP contribution is 2.16. The summed E-state index contributed by atoms with van der Waals surface area (Å²) in [4.78, 5) is 12.8. The van der Waals surface area contributed by atoms with Gasteiger partial charge in [0.15, 0.2) is 0 Å². The van der Waals surface area contributed by atoms with E-state index in [2.05, 4.69) is 10.6 Å². The lowest BCUT2D eigenvalue weighted by Crippen LogP contribution is -2.38. The van der Waals surface area contributed by atoms with Gasteiger partial charge in [0.25, 0.3) is 0 Å². The second-order valence-electron chi connectivity index (χ2n) is 4.11. The fraction of sp³-hybridized carbons (Fsp3) is 0.462. The molecule has 0 fully saturated rings. The molecular weight excluding hydrogens is 230 g/mol. The van der Waals surface area contributed by atoms with E-state index in [0.29, 0.717) is 6.54 Å². The first-order chi connectivity index (χ1) is 8.65. The van der Waals surface area contributed by atoms with Crippen LogP contribution in [0, 0.1) is 0 Å². The summed E-state index contributed by atoms with van der Waals surface area (Å²) in [6.45, 7) is 2.05. The topological polar surface area (TPSA) is 53.6 Å². The number of carbonyl (C=O) groups is 1. The molecule has 0 heterocycles. The largest absolute Gasteiger partial charge is 0.496 e. The molecule has 0 atom stereocenters. The summed E-state index contributed by atoms with van der Waals surface area (Å²) in [6, 6.07) is 7.80. The van der Waals surface area contributed by atoms with Crippen molar-refractivity contribution in [2.45, 2.75) is 6.54 Å². The van der Waals surface area contributed by atoms with Gasteiger partial charge < -0.3 is 20.3 Å². The quantitative estimate of drug-likeness (QED) is 0.743.